The van der Waals surface area contributed by atoms with Crippen LogP contribution in [-0.2, 0) is 21.3 Å². The summed E-state index contributed by atoms with van der Waals surface area (Å²) < 4.78 is 0. The monoisotopic (exact) mass is 186 g/mol. The minimum Gasteiger partial charge on any atom is -0.481 e. The Morgan fingerprint density at radius 3 is 2.00 bits per heavy atom. The molecule has 0 heterocycles. The first kappa shape index (κ1) is 9.96. The summed E-state index contributed by atoms with van der Waals surface area (Å²) in [5.41, 5.74) is 0. The molecule has 2 nitrogen and oxygen atoms in total. The van der Waals surface area contributed by atoms with E-state index in [0.29, 0.717) is 0 Å². The largest absolute Gasteiger partial charge is 0.481 e. The Morgan fingerprint density at radius 2 is 1.70 bits per heavy atom. The molecule has 0 radical (unpaired) electrons. The summed E-state index contributed by atoms with van der Waals surface area (Å²) in [6, 6.07) is 0. The molecule has 0 aromatic carbocycles. The third-order valence-electron chi connectivity index (χ3n) is 1.95. The van der Waals surface area contributed by atoms with Gasteiger partial charge < -0.3 is 5.11 Å². The van der Waals surface area contributed by atoms with E-state index in [4.69, 9.17) is 5.11 Å². The van der Waals surface area contributed by atoms with E-state index < -0.39 is 5.97 Å². The molecule has 1 aliphatic rings. The van der Waals surface area contributed by atoms with Gasteiger partial charge in [0.2, 0.25) is 0 Å². The molecule has 0 aliphatic heterocycles. The molecule has 1 aliphatic carbocycles. The molecule has 0 amide bonds. The fraction of sp³-hybridized carbons (Fsp3) is 0.857. The van der Waals surface area contributed by atoms with Crippen LogP contribution >= 0.6 is 0 Å². The van der Waals surface area contributed by atoms with Crippen LogP contribution in [0, 0.1) is 5.92 Å². The molecular formula is C7H12NiO2. The Balaban J connectivity index is 0.000000810. The van der Waals surface area contributed by atoms with Gasteiger partial charge in [-0.15, -0.1) is 0 Å². The normalized spacial score (nSPS) is 19.6. The van der Waals surface area contributed by atoms with E-state index in [1.165, 1.54) is 6.42 Å². The predicted octanol–water partition coefficient (Wildman–Crippen LogP) is 1.65. The quantitative estimate of drug-likeness (QED) is 0.633. The van der Waals surface area contributed by atoms with Crippen molar-refractivity contribution in [2.75, 3.05) is 0 Å². The van der Waals surface area contributed by atoms with Crippen molar-refractivity contribution in [3.63, 3.8) is 0 Å². The summed E-state index contributed by atoms with van der Waals surface area (Å²) in [5.74, 6) is -0.631. The maximum absolute atomic E-state index is 10.4. The van der Waals surface area contributed by atoms with Gasteiger partial charge in [-0.25, -0.2) is 0 Å². The first-order chi connectivity index (χ1) is 4.30. The van der Waals surface area contributed by atoms with Gasteiger partial charge in [0, 0.05) is 16.5 Å². The topological polar surface area (TPSA) is 37.3 Å². The van der Waals surface area contributed by atoms with Gasteiger partial charge in [0.25, 0.3) is 0 Å². The Morgan fingerprint density at radius 1 is 1.20 bits per heavy atom. The van der Waals surface area contributed by atoms with E-state index in [2.05, 4.69) is 0 Å². The number of hydrogen-bond donors (Lipinski definition) is 1. The zero-order valence-corrected chi connectivity index (χ0v) is 6.77. The summed E-state index contributed by atoms with van der Waals surface area (Å²) in [4.78, 5) is 10.4. The second-order valence-corrected chi connectivity index (χ2v) is 2.67. The van der Waals surface area contributed by atoms with Crippen molar-refractivity contribution in [1.82, 2.24) is 0 Å². The smallest absolute Gasteiger partial charge is 0.306 e. The van der Waals surface area contributed by atoms with Crippen molar-refractivity contribution < 1.29 is 26.4 Å². The van der Waals surface area contributed by atoms with Crippen LogP contribution in [0.3, 0.4) is 0 Å². The molecule has 0 aromatic rings. The average molecular weight is 187 g/mol. The molecule has 1 rings (SSSR count). The van der Waals surface area contributed by atoms with Crippen molar-refractivity contribution in [3.05, 3.63) is 0 Å². The number of hydrogen-bond acceptors (Lipinski definition) is 1. The summed E-state index contributed by atoms with van der Waals surface area (Å²) in [5, 5.41) is 8.54. The number of aliphatic carboxylic acids is 1. The molecule has 0 bridgehead atoms. The summed E-state index contributed by atoms with van der Waals surface area (Å²) in [6.07, 6.45) is 5.24. The Kier molecular flexibility index (Phi) is 4.71. The molecule has 62 valence electrons. The summed E-state index contributed by atoms with van der Waals surface area (Å²) in [6.45, 7) is 0. The van der Waals surface area contributed by atoms with Crippen LogP contribution in [0.2, 0.25) is 0 Å². The molecule has 0 saturated heterocycles. The molecule has 1 fully saturated rings. The Hall–Kier alpha value is -0.0365. The minimum atomic E-state index is -0.602. The molecular weight excluding hydrogens is 175 g/mol. The van der Waals surface area contributed by atoms with Crippen LogP contribution in [0.1, 0.15) is 32.1 Å². The van der Waals surface area contributed by atoms with E-state index in [1.807, 2.05) is 0 Å². The Labute approximate surface area is 70.9 Å². The molecule has 10 heavy (non-hydrogen) atoms. The standard InChI is InChI=1S/C7H12O2.Ni/c8-7(9)6-4-2-1-3-5-6;/h6H,1-5H2,(H,8,9);. The second-order valence-electron chi connectivity index (χ2n) is 2.67. The van der Waals surface area contributed by atoms with Gasteiger partial charge >= 0.3 is 5.97 Å². The minimum absolute atomic E-state index is 0. The molecule has 0 unspecified atom stereocenters. The number of carbonyl (C=O) groups is 1. The predicted molar refractivity (Wildman–Crippen MR) is 34.2 cm³/mol. The van der Waals surface area contributed by atoms with Crippen LogP contribution in [0.4, 0.5) is 0 Å². The Bertz CT molecular complexity index is 108. The first-order valence-corrected chi connectivity index (χ1v) is 3.53. The van der Waals surface area contributed by atoms with E-state index in [-0.39, 0.29) is 22.4 Å². The fourth-order valence-corrected chi connectivity index (χ4v) is 1.35. The van der Waals surface area contributed by atoms with Gasteiger partial charge in [0.15, 0.2) is 0 Å². The van der Waals surface area contributed by atoms with Crippen LogP contribution < -0.4 is 0 Å². The summed E-state index contributed by atoms with van der Waals surface area (Å²) in [7, 11) is 0. The number of carboxylic acids is 1. The molecule has 3 heteroatoms. The molecule has 1 N–H and O–H groups in total. The van der Waals surface area contributed by atoms with Crippen molar-refractivity contribution in [2.45, 2.75) is 32.1 Å². The van der Waals surface area contributed by atoms with Crippen molar-refractivity contribution >= 4 is 5.97 Å². The van der Waals surface area contributed by atoms with Gasteiger partial charge in [-0.2, -0.15) is 0 Å². The van der Waals surface area contributed by atoms with E-state index >= 15 is 0 Å². The van der Waals surface area contributed by atoms with E-state index in [9.17, 15) is 4.79 Å². The van der Waals surface area contributed by atoms with Gasteiger partial charge in [0.05, 0.1) is 5.92 Å². The number of rotatable bonds is 1. The van der Waals surface area contributed by atoms with Crippen molar-refractivity contribution in [3.8, 4) is 0 Å². The fourth-order valence-electron chi connectivity index (χ4n) is 1.35. The molecule has 0 atom stereocenters. The van der Waals surface area contributed by atoms with E-state index in [0.717, 1.165) is 25.7 Å². The maximum Gasteiger partial charge on any atom is 0.306 e. The molecule has 0 aromatic heterocycles. The number of carboxylic acid groups (broad SMARTS) is 1. The van der Waals surface area contributed by atoms with Crippen LogP contribution in [-0.4, -0.2) is 11.1 Å². The van der Waals surface area contributed by atoms with Crippen LogP contribution in [0.25, 0.3) is 0 Å². The first-order valence-electron chi connectivity index (χ1n) is 3.53. The second kappa shape index (κ2) is 4.73. The van der Waals surface area contributed by atoms with Crippen molar-refractivity contribution in [2.24, 2.45) is 5.92 Å². The van der Waals surface area contributed by atoms with Crippen LogP contribution in [0.5, 0.6) is 0 Å². The molecule has 0 spiro atoms. The average Bonchev–Trinajstić information content (AvgIpc) is 1.90. The SMILES string of the molecule is O=C(O)C1CCCCC1.[Ni]. The third kappa shape index (κ3) is 2.70. The van der Waals surface area contributed by atoms with Crippen molar-refractivity contribution in [1.29, 1.82) is 0 Å². The summed E-state index contributed by atoms with van der Waals surface area (Å²) >= 11 is 0. The maximum atomic E-state index is 10.4. The van der Waals surface area contributed by atoms with E-state index in [1.54, 1.807) is 0 Å². The zero-order chi connectivity index (χ0) is 6.69. The van der Waals surface area contributed by atoms with Gasteiger partial charge in [0.1, 0.15) is 0 Å². The third-order valence-corrected chi connectivity index (χ3v) is 1.95. The van der Waals surface area contributed by atoms with Gasteiger partial charge in [-0.3, -0.25) is 4.79 Å². The molecule has 1 saturated carbocycles. The van der Waals surface area contributed by atoms with Crippen LogP contribution in [0.15, 0.2) is 0 Å². The zero-order valence-electron chi connectivity index (χ0n) is 5.78. The van der Waals surface area contributed by atoms with Gasteiger partial charge in [-0.05, 0) is 12.8 Å². The van der Waals surface area contributed by atoms with Gasteiger partial charge in [-0.1, -0.05) is 19.3 Å².